The van der Waals surface area contributed by atoms with Gasteiger partial charge in [-0.25, -0.2) is 9.78 Å². The SMILES string of the molecule is O=C(NC1CCC(Nc2nccc(Nc3cc(N4CCCOC4)n[nH]3)n2)CC1)N[C@@H]1CCC[C@H](C(F)(F)F)C1. The molecule has 2 aliphatic carbocycles. The molecule has 39 heavy (non-hydrogen) atoms. The summed E-state index contributed by atoms with van der Waals surface area (Å²) in [6, 6.07) is 3.02. The molecule has 2 aromatic rings. The molecular weight excluding hydrogens is 515 g/mol. The number of aromatic amines is 1. The third-order valence-electron chi connectivity index (χ3n) is 7.64. The molecule has 1 aliphatic heterocycles. The van der Waals surface area contributed by atoms with E-state index in [4.69, 9.17) is 4.74 Å². The topological polar surface area (TPSA) is 132 Å². The van der Waals surface area contributed by atoms with Gasteiger partial charge in [0.25, 0.3) is 0 Å². The van der Waals surface area contributed by atoms with E-state index in [9.17, 15) is 18.0 Å². The van der Waals surface area contributed by atoms with Gasteiger partial charge in [-0.2, -0.15) is 23.3 Å². The van der Waals surface area contributed by atoms with Crippen molar-refractivity contribution in [2.75, 3.05) is 35.4 Å². The molecule has 0 bridgehead atoms. The Labute approximate surface area is 225 Å². The van der Waals surface area contributed by atoms with Crippen LogP contribution in [0, 0.1) is 5.92 Å². The first-order chi connectivity index (χ1) is 18.8. The molecule has 3 fully saturated rings. The number of ether oxygens (including phenoxy) is 1. The number of nitrogens with one attached hydrogen (secondary N) is 5. The van der Waals surface area contributed by atoms with Crippen molar-refractivity contribution in [3.05, 3.63) is 18.3 Å². The summed E-state index contributed by atoms with van der Waals surface area (Å²) in [7, 11) is 0. The van der Waals surface area contributed by atoms with Crippen LogP contribution in [-0.4, -0.2) is 70.4 Å². The summed E-state index contributed by atoms with van der Waals surface area (Å²) in [5, 5.41) is 19.6. The van der Waals surface area contributed by atoms with Gasteiger partial charge in [0.15, 0.2) is 5.82 Å². The maximum absolute atomic E-state index is 13.0. The van der Waals surface area contributed by atoms with Gasteiger partial charge in [0, 0.05) is 36.9 Å². The highest BCUT2D eigenvalue weighted by Crippen LogP contribution is 2.37. The molecule has 3 heterocycles. The fourth-order valence-corrected chi connectivity index (χ4v) is 5.55. The summed E-state index contributed by atoms with van der Waals surface area (Å²) >= 11 is 0. The van der Waals surface area contributed by atoms with E-state index < -0.39 is 18.1 Å². The van der Waals surface area contributed by atoms with Crippen LogP contribution < -0.4 is 26.2 Å². The highest BCUT2D eigenvalue weighted by atomic mass is 19.4. The first kappa shape index (κ1) is 27.3. The van der Waals surface area contributed by atoms with Crippen LogP contribution >= 0.6 is 0 Å². The molecule has 5 N–H and O–H groups in total. The lowest BCUT2D eigenvalue weighted by Gasteiger charge is -2.33. The van der Waals surface area contributed by atoms with E-state index in [2.05, 4.69) is 46.3 Å². The van der Waals surface area contributed by atoms with Gasteiger partial charge in [-0.1, -0.05) is 6.42 Å². The van der Waals surface area contributed by atoms with Crippen molar-refractivity contribution in [3.63, 3.8) is 0 Å². The van der Waals surface area contributed by atoms with Gasteiger partial charge in [0.1, 0.15) is 18.4 Å². The van der Waals surface area contributed by atoms with Gasteiger partial charge < -0.3 is 30.9 Å². The zero-order chi connectivity index (χ0) is 27.2. The minimum absolute atomic E-state index is 0.0150. The average molecular weight is 552 g/mol. The molecule has 5 rings (SSSR count). The number of alkyl halides is 3. The smallest absolute Gasteiger partial charge is 0.361 e. The van der Waals surface area contributed by atoms with Crippen molar-refractivity contribution in [1.29, 1.82) is 0 Å². The quantitative estimate of drug-likeness (QED) is 0.345. The van der Waals surface area contributed by atoms with Gasteiger partial charge in [-0.15, -0.1) is 0 Å². The molecule has 214 valence electrons. The molecule has 2 atom stereocenters. The number of urea groups is 1. The Morgan fingerprint density at radius 3 is 2.62 bits per heavy atom. The summed E-state index contributed by atoms with van der Waals surface area (Å²) in [6.45, 7) is 2.19. The van der Waals surface area contributed by atoms with E-state index in [0.717, 1.165) is 51.1 Å². The number of carbonyl (C=O) groups excluding carboxylic acids is 1. The lowest BCUT2D eigenvalue weighted by atomic mass is 9.85. The molecule has 2 aromatic heterocycles. The largest absolute Gasteiger partial charge is 0.391 e. The average Bonchev–Trinajstić information content (AvgIpc) is 3.39. The minimum Gasteiger partial charge on any atom is -0.361 e. The second kappa shape index (κ2) is 12.3. The predicted octanol–water partition coefficient (Wildman–Crippen LogP) is 4.27. The third kappa shape index (κ3) is 7.64. The number of hydrogen-bond acceptors (Lipinski definition) is 8. The van der Waals surface area contributed by atoms with Crippen LogP contribution in [0.1, 0.15) is 57.8 Å². The van der Waals surface area contributed by atoms with Crippen molar-refractivity contribution in [2.45, 2.75) is 82.1 Å². The Kier molecular flexibility index (Phi) is 8.58. The van der Waals surface area contributed by atoms with E-state index in [1.165, 1.54) is 0 Å². The lowest BCUT2D eigenvalue weighted by Crippen LogP contribution is -2.49. The minimum atomic E-state index is -4.20. The fraction of sp³-hybridized carbons (Fsp3) is 0.680. The Balaban J connectivity index is 1.05. The highest BCUT2D eigenvalue weighted by molar-refractivity contribution is 5.74. The van der Waals surface area contributed by atoms with Gasteiger partial charge in [-0.05, 0) is 57.4 Å². The number of anilines is 4. The van der Waals surface area contributed by atoms with Crippen molar-refractivity contribution >= 4 is 29.4 Å². The maximum Gasteiger partial charge on any atom is 0.391 e. The second-order valence-corrected chi connectivity index (χ2v) is 10.6. The molecule has 0 unspecified atom stereocenters. The van der Waals surface area contributed by atoms with Crippen molar-refractivity contribution in [3.8, 4) is 0 Å². The predicted molar refractivity (Wildman–Crippen MR) is 140 cm³/mol. The number of carbonyl (C=O) groups is 1. The summed E-state index contributed by atoms with van der Waals surface area (Å²) in [5.41, 5.74) is 0. The molecule has 14 heteroatoms. The monoisotopic (exact) mass is 551 g/mol. The van der Waals surface area contributed by atoms with Crippen LogP contribution in [0.4, 0.5) is 41.4 Å². The van der Waals surface area contributed by atoms with Crippen LogP contribution in [0.5, 0.6) is 0 Å². The van der Waals surface area contributed by atoms with Crippen molar-refractivity contribution in [2.24, 2.45) is 5.92 Å². The molecule has 2 saturated carbocycles. The molecule has 0 aromatic carbocycles. The second-order valence-electron chi connectivity index (χ2n) is 10.6. The Morgan fingerprint density at radius 2 is 1.85 bits per heavy atom. The first-order valence-electron chi connectivity index (χ1n) is 13.7. The van der Waals surface area contributed by atoms with Crippen LogP contribution in [0.15, 0.2) is 18.3 Å². The standard InChI is InChI=1S/C25H36F3N9O2/c26-25(27,28)16-3-1-4-19(13-16)32-24(38)31-18-7-5-17(6-8-18)30-23-29-10-9-20(34-23)33-21-14-22(36-35-21)37-11-2-12-39-15-37/h9-10,14,16-19H,1-8,11-13,15H2,(H2,31,32,38)(H3,29,30,33,34,35,36)/t16-,17?,18?,19+/m0/s1. The molecule has 11 nitrogen and oxygen atoms in total. The molecule has 1 saturated heterocycles. The number of halogens is 3. The highest BCUT2D eigenvalue weighted by Gasteiger charge is 2.42. The number of hydrogen-bond donors (Lipinski definition) is 5. The van der Waals surface area contributed by atoms with E-state index in [1.807, 2.05) is 6.07 Å². The lowest BCUT2D eigenvalue weighted by molar-refractivity contribution is -0.183. The Bertz CT molecular complexity index is 1080. The maximum atomic E-state index is 13.0. The summed E-state index contributed by atoms with van der Waals surface area (Å²) in [6.07, 6.45) is 2.74. The van der Waals surface area contributed by atoms with E-state index >= 15 is 0 Å². The van der Waals surface area contributed by atoms with Gasteiger partial charge in [-0.3, -0.25) is 5.10 Å². The molecule has 0 spiro atoms. The molecule has 2 amide bonds. The fourth-order valence-electron chi connectivity index (χ4n) is 5.55. The molecule has 0 radical (unpaired) electrons. The number of rotatable bonds is 7. The zero-order valence-electron chi connectivity index (χ0n) is 21.8. The number of aromatic nitrogens is 4. The van der Waals surface area contributed by atoms with Gasteiger partial charge >= 0.3 is 12.2 Å². The van der Waals surface area contributed by atoms with Gasteiger partial charge in [0.05, 0.1) is 12.5 Å². The Hall–Kier alpha value is -3.29. The number of amides is 2. The first-order valence-corrected chi connectivity index (χ1v) is 13.7. The van der Waals surface area contributed by atoms with Crippen LogP contribution in [-0.2, 0) is 4.74 Å². The number of H-pyrrole nitrogens is 1. The normalized spacial score (nSPS) is 26.1. The summed E-state index contributed by atoms with van der Waals surface area (Å²) in [5.74, 6) is 1.33. The number of nitrogens with zero attached hydrogens (tertiary/aromatic N) is 4. The van der Waals surface area contributed by atoms with Crippen LogP contribution in [0.25, 0.3) is 0 Å². The summed E-state index contributed by atoms with van der Waals surface area (Å²) in [4.78, 5) is 23.4. The third-order valence-corrected chi connectivity index (χ3v) is 7.64. The zero-order valence-corrected chi connectivity index (χ0v) is 21.8. The van der Waals surface area contributed by atoms with E-state index in [-0.39, 0.29) is 31.0 Å². The van der Waals surface area contributed by atoms with Crippen molar-refractivity contribution in [1.82, 2.24) is 30.8 Å². The molecule has 3 aliphatic rings. The van der Waals surface area contributed by atoms with E-state index in [1.54, 1.807) is 12.3 Å². The van der Waals surface area contributed by atoms with Crippen LogP contribution in [0.3, 0.4) is 0 Å². The molecular formula is C25H36F3N9O2. The summed E-state index contributed by atoms with van der Waals surface area (Å²) < 4.78 is 44.6. The van der Waals surface area contributed by atoms with E-state index in [0.29, 0.717) is 37.2 Å². The Morgan fingerprint density at radius 1 is 1.05 bits per heavy atom. The van der Waals surface area contributed by atoms with Crippen molar-refractivity contribution < 1.29 is 22.7 Å². The van der Waals surface area contributed by atoms with Crippen LogP contribution in [0.2, 0.25) is 0 Å². The van der Waals surface area contributed by atoms with Gasteiger partial charge in [0.2, 0.25) is 5.95 Å².